The van der Waals surface area contributed by atoms with Crippen molar-refractivity contribution in [2.45, 2.75) is 131 Å². The molecule has 2 heterocycles. The van der Waals surface area contributed by atoms with Crippen molar-refractivity contribution in [3.05, 3.63) is 35.9 Å². The van der Waals surface area contributed by atoms with Crippen molar-refractivity contribution in [2.75, 3.05) is 13.1 Å². The summed E-state index contributed by atoms with van der Waals surface area (Å²) < 4.78 is 18.5. The van der Waals surface area contributed by atoms with Crippen LogP contribution in [0.15, 0.2) is 30.3 Å². The molecule has 236 valence electrons. The van der Waals surface area contributed by atoms with E-state index in [0.29, 0.717) is 11.0 Å². The van der Waals surface area contributed by atoms with Gasteiger partial charge in [0.15, 0.2) is 0 Å². The average Bonchev–Trinajstić information content (AvgIpc) is 3.55. The topological polar surface area (TPSA) is 132 Å². The molecule has 1 aromatic rings. The quantitative estimate of drug-likeness (QED) is 0.349. The molecule has 2 saturated heterocycles. The van der Waals surface area contributed by atoms with Gasteiger partial charge in [-0.25, -0.2) is 0 Å². The Kier molecular flexibility index (Phi) is 20.8. The van der Waals surface area contributed by atoms with Crippen molar-refractivity contribution >= 4 is 25.7 Å². The minimum atomic E-state index is -2.04. The standard InChI is InChI=1S/C22H32BNO5.C6H15BO2.2CH4.Na.H2O/c1-3-4-9-17(2)23-24(14-21(25)28-23,15-22(26)29-23)19-12-8-13-20(19)27-16-18-10-6-5-7-11-18;1-3-4-5-6(2)7(8)9;;;;/h5-7,10-11,17,19-20H,3-4,8-9,12-16H2,1-2H3;6,8-9H,3-5H2,1-2H3;2*1H4;;1H2/q;;;;+1;/p-1/t17-,19?,20-,23?,24?;6-;;;;/m00..../s1. The van der Waals surface area contributed by atoms with Gasteiger partial charge >= 0.3 is 55.3 Å². The predicted molar refractivity (Wildman–Crippen MR) is 164 cm³/mol. The average molecular weight is 603 g/mol. The Morgan fingerprint density at radius 1 is 0.976 bits per heavy atom. The Bertz CT molecular complexity index is 891. The molecule has 9 nitrogen and oxygen atoms in total. The fourth-order valence-electron chi connectivity index (χ4n) is 6.60. The molecule has 4 atom stereocenters. The third-order valence-corrected chi connectivity index (χ3v) is 8.80. The van der Waals surface area contributed by atoms with E-state index >= 15 is 0 Å². The number of quaternary nitrogens is 1. The zero-order chi connectivity index (χ0) is 27.8. The van der Waals surface area contributed by atoms with E-state index in [4.69, 9.17) is 24.1 Å². The van der Waals surface area contributed by atoms with Gasteiger partial charge in [0.25, 0.3) is 0 Å². The van der Waals surface area contributed by atoms with Gasteiger partial charge in [-0.1, -0.05) is 111 Å². The number of fused-ring (bicyclic) bond motifs is 1. The molecule has 3 aliphatic rings. The molecule has 0 radical (unpaired) electrons. The second kappa shape index (κ2) is 20.2. The van der Waals surface area contributed by atoms with Gasteiger partial charge in [-0.2, -0.15) is 0 Å². The smallest absolute Gasteiger partial charge is 0.870 e. The summed E-state index contributed by atoms with van der Waals surface area (Å²) >= 11 is 0. The monoisotopic (exact) mass is 603 g/mol. The van der Waals surface area contributed by atoms with Crippen molar-refractivity contribution < 1.29 is 73.1 Å². The van der Waals surface area contributed by atoms with Crippen LogP contribution in [-0.4, -0.2) is 70.9 Å². The van der Waals surface area contributed by atoms with Crippen molar-refractivity contribution in [3.63, 3.8) is 0 Å². The third-order valence-electron chi connectivity index (χ3n) is 8.80. The Morgan fingerprint density at radius 2 is 1.52 bits per heavy atom. The normalized spacial score (nSPS) is 26.8. The van der Waals surface area contributed by atoms with Crippen LogP contribution >= 0.6 is 0 Å². The number of hydrogen-bond donors (Lipinski definition) is 2. The first-order valence-electron chi connectivity index (χ1n) is 14.7. The van der Waals surface area contributed by atoms with Crippen molar-refractivity contribution in [1.29, 1.82) is 0 Å². The van der Waals surface area contributed by atoms with Crippen LogP contribution in [0.5, 0.6) is 0 Å². The second-order valence-corrected chi connectivity index (χ2v) is 11.6. The fourth-order valence-corrected chi connectivity index (χ4v) is 6.60. The van der Waals surface area contributed by atoms with Gasteiger partial charge in [-0.3, -0.25) is 9.59 Å². The van der Waals surface area contributed by atoms with E-state index in [1.54, 1.807) is 0 Å². The van der Waals surface area contributed by atoms with Crippen molar-refractivity contribution in [2.24, 2.45) is 0 Å². The molecule has 3 N–H and O–H groups in total. The SMILES string of the molecule is C.C.CCCC[C@H](C)B(O)O.CCCC[C@H](C)[B-]12OC(=O)C[N+]1(C1CCC[C@@H]1OCc1ccccc1)CC(=O)O2.[Na+].[OH-]. The molecule has 2 aliphatic heterocycles. The first kappa shape index (κ1) is 43.2. The van der Waals surface area contributed by atoms with Gasteiger partial charge < -0.3 is 34.0 Å². The minimum absolute atomic E-state index is 0. The van der Waals surface area contributed by atoms with Crippen LogP contribution in [0.2, 0.25) is 11.6 Å². The van der Waals surface area contributed by atoms with Gasteiger partial charge in [0, 0.05) is 0 Å². The number of benzene rings is 1. The van der Waals surface area contributed by atoms with Gasteiger partial charge in [0.05, 0.1) is 12.6 Å². The molecule has 4 rings (SSSR count). The summed E-state index contributed by atoms with van der Waals surface area (Å²) in [5.41, 5.74) is 1.13. The molecule has 1 aromatic carbocycles. The molecule has 12 heteroatoms. The van der Waals surface area contributed by atoms with E-state index in [9.17, 15) is 9.59 Å². The fraction of sp³-hybridized carbons (Fsp3) is 0.733. The van der Waals surface area contributed by atoms with E-state index < -0.39 is 13.8 Å². The predicted octanol–water partition coefficient (Wildman–Crippen LogP) is 2.71. The first-order valence-corrected chi connectivity index (χ1v) is 14.7. The summed E-state index contributed by atoms with van der Waals surface area (Å²) in [6, 6.07) is 10.2. The molecule has 1 unspecified atom stereocenters. The zero-order valence-electron chi connectivity index (χ0n) is 25.2. The van der Waals surface area contributed by atoms with Crippen molar-refractivity contribution in [1.82, 2.24) is 0 Å². The summed E-state index contributed by atoms with van der Waals surface area (Å²) in [5, 5.41) is 17.2. The number of unbranched alkanes of at least 4 members (excludes halogenated alkanes) is 2. The maximum absolute atomic E-state index is 12.5. The third kappa shape index (κ3) is 10.1. The van der Waals surface area contributed by atoms with Gasteiger partial charge in [-0.05, 0) is 36.5 Å². The zero-order valence-corrected chi connectivity index (χ0v) is 27.2. The molecule has 1 saturated carbocycles. The molecule has 3 fully saturated rings. The number of rotatable bonds is 12. The molecule has 42 heavy (non-hydrogen) atoms. The second-order valence-electron chi connectivity index (χ2n) is 11.6. The summed E-state index contributed by atoms with van der Waals surface area (Å²) in [6.45, 7) is 7.11. The van der Waals surface area contributed by atoms with Crippen LogP contribution in [0.25, 0.3) is 0 Å². The molecular formula is C30H56B2NNaO8. The number of carbonyl (C=O) groups excluding carboxylic acids is 2. The van der Waals surface area contributed by atoms with Crippen molar-refractivity contribution in [3.8, 4) is 0 Å². The van der Waals surface area contributed by atoms with E-state index in [1.165, 1.54) is 0 Å². The largest absolute Gasteiger partial charge is 1.00 e. The Morgan fingerprint density at radius 3 is 2.05 bits per heavy atom. The van der Waals surface area contributed by atoms with E-state index in [-0.39, 0.29) is 98.7 Å². The van der Waals surface area contributed by atoms with Crippen LogP contribution in [0.4, 0.5) is 0 Å². The number of ether oxygens (including phenoxy) is 1. The van der Waals surface area contributed by atoms with Gasteiger partial charge in [-0.15, -0.1) is 0 Å². The number of carbonyl (C=O) groups is 2. The summed E-state index contributed by atoms with van der Waals surface area (Å²) in [5.74, 6) is -0.433. The Labute approximate surface area is 277 Å². The van der Waals surface area contributed by atoms with Gasteiger partial charge in [0.2, 0.25) is 0 Å². The van der Waals surface area contributed by atoms with Gasteiger partial charge in [0.1, 0.15) is 19.2 Å². The molecule has 1 aliphatic carbocycles. The molecule has 0 aromatic heterocycles. The molecule has 0 amide bonds. The van der Waals surface area contributed by atoms with Crippen LogP contribution in [0.1, 0.15) is 106 Å². The van der Waals surface area contributed by atoms with Crippen LogP contribution in [0.3, 0.4) is 0 Å². The van der Waals surface area contributed by atoms with Crippen LogP contribution in [0, 0.1) is 0 Å². The van der Waals surface area contributed by atoms with E-state index in [1.807, 2.05) is 25.1 Å². The maximum Gasteiger partial charge on any atom is 1.00 e. The maximum atomic E-state index is 12.5. The number of hydrogen-bond acceptors (Lipinski definition) is 8. The van der Waals surface area contributed by atoms with Crippen LogP contribution < -0.4 is 29.6 Å². The first-order chi connectivity index (χ1) is 18.2. The summed E-state index contributed by atoms with van der Waals surface area (Å²) in [7, 11) is -1.13. The summed E-state index contributed by atoms with van der Waals surface area (Å²) in [4.78, 5) is 25.1. The number of nitrogens with zero attached hydrogens (tertiary/aromatic N) is 1. The van der Waals surface area contributed by atoms with E-state index in [2.05, 4.69) is 32.9 Å². The molecular weight excluding hydrogens is 547 g/mol. The molecule has 0 spiro atoms. The Hall–Kier alpha value is -0.910. The Balaban J connectivity index is 0. The summed E-state index contributed by atoms with van der Waals surface area (Å²) in [6.07, 6.45) is 8.99. The van der Waals surface area contributed by atoms with E-state index in [0.717, 1.165) is 63.4 Å². The van der Waals surface area contributed by atoms with Crippen LogP contribution in [-0.2, 0) is 30.2 Å². The minimum Gasteiger partial charge on any atom is -0.870 e. The molecule has 0 bridgehead atoms.